The molecule has 3 N–H and O–H groups in total. The van der Waals surface area contributed by atoms with Crippen molar-refractivity contribution in [2.24, 2.45) is 5.73 Å². The predicted octanol–water partition coefficient (Wildman–Crippen LogP) is 0.114. The largest absolute Gasteiger partial charge is 0.368 e. The van der Waals surface area contributed by atoms with Crippen LogP contribution in [0.2, 0.25) is 0 Å². The second-order valence-electron chi connectivity index (χ2n) is 5.52. The smallest absolute Gasteiger partial charge is 0.238 e. The lowest BCUT2D eigenvalue weighted by atomic mass is 10.0. The van der Waals surface area contributed by atoms with Gasteiger partial charge in [-0.15, -0.1) is 0 Å². The van der Waals surface area contributed by atoms with Gasteiger partial charge in [0, 0.05) is 6.54 Å². The molecule has 0 saturated carbocycles. The molecule has 0 aromatic heterocycles. The van der Waals surface area contributed by atoms with E-state index in [9.17, 15) is 4.79 Å². The first-order valence-corrected chi connectivity index (χ1v) is 6.70. The van der Waals surface area contributed by atoms with Crippen LogP contribution >= 0.6 is 0 Å². The quantitative estimate of drug-likeness (QED) is 0.584. The van der Waals surface area contributed by atoms with Gasteiger partial charge in [0.25, 0.3) is 0 Å². The van der Waals surface area contributed by atoms with Crippen LogP contribution in [-0.2, 0) is 4.79 Å². The van der Waals surface area contributed by atoms with Crippen molar-refractivity contribution in [2.75, 3.05) is 47.3 Å². The molecule has 0 bridgehead atoms. The average molecular weight is 258 g/mol. The first-order chi connectivity index (χ1) is 8.31. The molecule has 0 aliphatic carbocycles. The highest BCUT2D eigenvalue weighted by molar-refractivity contribution is 5.84. The van der Waals surface area contributed by atoms with Gasteiger partial charge in [-0.3, -0.25) is 4.79 Å². The van der Waals surface area contributed by atoms with Gasteiger partial charge in [-0.05, 0) is 60.5 Å². The lowest BCUT2D eigenvalue weighted by Crippen LogP contribution is -2.59. The molecule has 5 heteroatoms. The van der Waals surface area contributed by atoms with E-state index in [2.05, 4.69) is 36.1 Å². The zero-order chi connectivity index (χ0) is 14.2. The van der Waals surface area contributed by atoms with Crippen molar-refractivity contribution in [2.45, 2.75) is 32.2 Å². The van der Waals surface area contributed by atoms with Crippen molar-refractivity contribution < 1.29 is 4.79 Å². The van der Waals surface area contributed by atoms with Crippen LogP contribution in [0.15, 0.2) is 0 Å². The molecule has 0 fully saturated rings. The Hall–Kier alpha value is -0.650. The van der Waals surface area contributed by atoms with Gasteiger partial charge in [0.15, 0.2) is 0 Å². The fourth-order valence-electron chi connectivity index (χ4n) is 1.90. The van der Waals surface area contributed by atoms with E-state index < -0.39 is 5.54 Å². The number of carbonyl (C=O) groups is 1. The van der Waals surface area contributed by atoms with Gasteiger partial charge in [-0.25, -0.2) is 0 Å². The van der Waals surface area contributed by atoms with Gasteiger partial charge in [0.1, 0.15) is 5.54 Å². The number of nitrogens with zero attached hydrogens (tertiary/aromatic N) is 2. The molecule has 108 valence electrons. The third-order valence-electron chi connectivity index (χ3n) is 3.04. The molecule has 0 spiro atoms. The van der Waals surface area contributed by atoms with Gasteiger partial charge in [0.05, 0.1) is 0 Å². The standard InChI is InChI=1S/C13H30N4O/c1-6-8-15-13(2,12(14)18)11-17(5)10-7-9-16(3)4/h15H,6-11H2,1-5H3,(H2,14,18). The summed E-state index contributed by atoms with van der Waals surface area (Å²) >= 11 is 0. The molecule has 0 saturated heterocycles. The van der Waals surface area contributed by atoms with Crippen LogP contribution in [0.25, 0.3) is 0 Å². The normalized spacial score (nSPS) is 15.1. The maximum Gasteiger partial charge on any atom is 0.238 e. The molecule has 1 unspecified atom stereocenters. The molecule has 0 aliphatic heterocycles. The van der Waals surface area contributed by atoms with Crippen LogP contribution in [0, 0.1) is 0 Å². The first kappa shape index (κ1) is 17.4. The van der Waals surface area contributed by atoms with Crippen molar-refractivity contribution >= 4 is 5.91 Å². The monoisotopic (exact) mass is 258 g/mol. The van der Waals surface area contributed by atoms with E-state index in [1.807, 2.05) is 14.0 Å². The molecular weight excluding hydrogens is 228 g/mol. The highest BCUT2D eigenvalue weighted by Gasteiger charge is 2.31. The van der Waals surface area contributed by atoms with Gasteiger partial charge in [-0.1, -0.05) is 6.92 Å². The lowest BCUT2D eigenvalue weighted by molar-refractivity contribution is -0.124. The Bertz CT molecular complexity index is 245. The molecule has 0 aromatic carbocycles. The number of rotatable bonds is 10. The van der Waals surface area contributed by atoms with Crippen LogP contribution in [0.1, 0.15) is 26.7 Å². The number of amides is 1. The van der Waals surface area contributed by atoms with Crippen molar-refractivity contribution in [3.63, 3.8) is 0 Å². The second-order valence-corrected chi connectivity index (χ2v) is 5.52. The third kappa shape index (κ3) is 6.93. The molecule has 0 rings (SSSR count). The van der Waals surface area contributed by atoms with E-state index in [-0.39, 0.29) is 5.91 Å². The summed E-state index contributed by atoms with van der Waals surface area (Å²) in [6, 6.07) is 0. The Labute approximate surface area is 112 Å². The Balaban J connectivity index is 4.18. The van der Waals surface area contributed by atoms with Gasteiger partial charge < -0.3 is 20.9 Å². The maximum atomic E-state index is 11.6. The van der Waals surface area contributed by atoms with Crippen molar-refractivity contribution in [1.29, 1.82) is 0 Å². The number of hydrogen-bond acceptors (Lipinski definition) is 4. The number of hydrogen-bond donors (Lipinski definition) is 2. The minimum Gasteiger partial charge on any atom is -0.368 e. The summed E-state index contributed by atoms with van der Waals surface area (Å²) in [5, 5.41) is 3.25. The van der Waals surface area contributed by atoms with E-state index in [1.54, 1.807) is 0 Å². The van der Waals surface area contributed by atoms with E-state index in [0.717, 1.165) is 32.5 Å². The summed E-state index contributed by atoms with van der Waals surface area (Å²) < 4.78 is 0. The first-order valence-electron chi connectivity index (χ1n) is 6.70. The van der Waals surface area contributed by atoms with Crippen molar-refractivity contribution in [3.8, 4) is 0 Å². The Morgan fingerprint density at radius 1 is 1.28 bits per heavy atom. The summed E-state index contributed by atoms with van der Waals surface area (Å²) in [5.41, 5.74) is 4.86. The zero-order valence-electron chi connectivity index (χ0n) is 12.6. The second kappa shape index (κ2) is 8.45. The summed E-state index contributed by atoms with van der Waals surface area (Å²) in [4.78, 5) is 15.9. The van der Waals surface area contributed by atoms with Crippen LogP contribution < -0.4 is 11.1 Å². The molecule has 1 atom stereocenters. The predicted molar refractivity (Wildman–Crippen MR) is 76.6 cm³/mol. The molecule has 0 radical (unpaired) electrons. The van der Waals surface area contributed by atoms with Gasteiger partial charge in [-0.2, -0.15) is 0 Å². The number of likely N-dealkylation sites (N-methyl/N-ethyl adjacent to an activating group) is 1. The highest BCUT2D eigenvalue weighted by Crippen LogP contribution is 2.06. The van der Waals surface area contributed by atoms with E-state index >= 15 is 0 Å². The van der Waals surface area contributed by atoms with E-state index in [0.29, 0.717) is 6.54 Å². The van der Waals surface area contributed by atoms with E-state index in [4.69, 9.17) is 5.73 Å². The van der Waals surface area contributed by atoms with Crippen molar-refractivity contribution in [3.05, 3.63) is 0 Å². The Morgan fingerprint density at radius 3 is 2.33 bits per heavy atom. The molecule has 0 aromatic rings. The summed E-state index contributed by atoms with van der Waals surface area (Å²) in [6.07, 6.45) is 2.08. The van der Waals surface area contributed by atoms with Crippen molar-refractivity contribution in [1.82, 2.24) is 15.1 Å². The molecular formula is C13H30N4O. The van der Waals surface area contributed by atoms with Crippen LogP contribution in [0.4, 0.5) is 0 Å². The van der Waals surface area contributed by atoms with Gasteiger partial charge >= 0.3 is 0 Å². The molecule has 0 heterocycles. The topological polar surface area (TPSA) is 61.6 Å². The fraction of sp³-hybridized carbons (Fsp3) is 0.923. The summed E-state index contributed by atoms with van der Waals surface area (Å²) in [6.45, 7) is 7.44. The minimum absolute atomic E-state index is 0.282. The molecule has 0 aliphatic rings. The number of nitrogens with one attached hydrogen (secondary N) is 1. The molecule has 1 amide bonds. The third-order valence-corrected chi connectivity index (χ3v) is 3.04. The molecule has 18 heavy (non-hydrogen) atoms. The average Bonchev–Trinajstić information content (AvgIpc) is 2.25. The van der Waals surface area contributed by atoms with Crippen LogP contribution in [0.5, 0.6) is 0 Å². The SMILES string of the molecule is CCCNC(C)(CN(C)CCCN(C)C)C(N)=O. The maximum absolute atomic E-state index is 11.6. The summed E-state index contributed by atoms with van der Waals surface area (Å²) in [5.74, 6) is -0.282. The highest BCUT2D eigenvalue weighted by atomic mass is 16.1. The summed E-state index contributed by atoms with van der Waals surface area (Å²) in [7, 11) is 6.16. The van der Waals surface area contributed by atoms with Gasteiger partial charge in [0.2, 0.25) is 5.91 Å². The zero-order valence-corrected chi connectivity index (χ0v) is 12.6. The Morgan fingerprint density at radius 2 is 1.89 bits per heavy atom. The van der Waals surface area contributed by atoms with E-state index in [1.165, 1.54) is 0 Å². The minimum atomic E-state index is -0.636. The molecule has 5 nitrogen and oxygen atoms in total. The number of carbonyl (C=O) groups excluding carboxylic acids is 1. The lowest BCUT2D eigenvalue weighted by Gasteiger charge is -2.32. The Kier molecular flexibility index (Phi) is 8.15. The van der Waals surface area contributed by atoms with Crippen LogP contribution in [-0.4, -0.2) is 68.6 Å². The number of nitrogens with two attached hydrogens (primary N) is 1. The fourth-order valence-corrected chi connectivity index (χ4v) is 1.90. The number of primary amides is 1. The van der Waals surface area contributed by atoms with Crippen LogP contribution in [0.3, 0.4) is 0 Å².